The predicted octanol–water partition coefficient (Wildman–Crippen LogP) is 3.23. The molecule has 1 aromatic carbocycles. The maximum absolute atomic E-state index is 12.4. The summed E-state index contributed by atoms with van der Waals surface area (Å²) >= 11 is 0. The van der Waals surface area contributed by atoms with Gasteiger partial charge in [0.15, 0.2) is 0 Å². The number of amides is 2. The fourth-order valence-corrected chi connectivity index (χ4v) is 2.67. The molecule has 0 aliphatic carbocycles. The first-order chi connectivity index (χ1) is 12.6. The van der Waals surface area contributed by atoms with Crippen molar-refractivity contribution in [3.8, 4) is 0 Å². The minimum absolute atomic E-state index is 0.119. The average Bonchev–Trinajstić information content (AvgIpc) is 3.12. The highest BCUT2D eigenvalue weighted by Crippen LogP contribution is 2.13. The summed E-state index contributed by atoms with van der Waals surface area (Å²) in [5, 5.41) is 7.41. The summed E-state index contributed by atoms with van der Waals surface area (Å²) < 4.78 is 1.88. The minimum Gasteiger partial charge on any atom is -0.331 e. The number of aromatic nitrogens is 3. The Kier molecular flexibility index (Phi) is 5.63. The molecular weight excluding hydrogens is 326 g/mol. The monoisotopic (exact) mass is 349 g/mol. The molecule has 2 heterocycles. The lowest BCUT2D eigenvalue weighted by molar-refractivity contribution is 0.203. The van der Waals surface area contributed by atoms with Crippen LogP contribution in [0.15, 0.2) is 67.3 Å². The molecule has 0 aliphatic rings. The molecule has 1 unspecified atom stereocenters. The Balaban J connectivity index is 1.56. The van der Waals surface area contributed by atoms with E-state index >= 15 is 0 Å². The molecule has 6 heteroatoms. The second-order valence-electron chi connectivity index (χ2n) is 6.34. The molecule has 3 aromatic rings. The van der Waals surface area contributed by atoms with Gasteiger partial charge in [0.25, 0.3) is 0 Å². The SMILES string of the molecule is CC(NC(=O)N(C)Cc1ccncc1)c1cnn(Cc2ccccc2)c1. The highest BCUT2D eigenvalue weighted by molar-refractivity contribution is 5.74. The second kappa shape index (κ2) is 8.29. The van der Waals surface area contributed by atoms with Crippen LogP contribution >= 0.6 is 0 Å². The van der Waals surface area contributed by atoms with Crippen LogP contribution in [-0.4, -0.2) is 32.7 Å². The number of urea groups is 1. The van der Waals surface area contributed by atoms with E-state index in [-0.39, 0.29) is 12.1 Å². The van der Waals surface area contributed by atoms with Crippen molar-refractivity contribution in [2.75, 3.05) is 7.05 Å². The van der Waals surface area contributed by atoms with Gasteiger partial charge in [0.1, 0.15) is 0 Å². The van der Waals surface area contributed by atoms with Crippen LogP contribution in [0.4, 0.5) is 4.79 Å². The number of hydrogen-bond donors (Lipinski definition) is 1. The highest BCUT2D eigenvalue weighted by Gasteiger charge is 2.15. The summed E-state index contributed by atoms with van der Waals surface area (Å²) in [6, 6.07) is 13.7. The largest absolute Gasteiger partial charge is 0.331 e. The van der Waals surface area contributed by atoms with Crippen LogP contribution in [0, 0.1) is 0 Å². The first-order valence-electron chi connectivity index (χ1n) is 8.58. The molecule has 3 rings (SSSR count). The van der Waals surface area contributed by atoms with E-state index in [9.17, 15) is 4.79 Å². The lowest BCUT2D eigenvalue weighted by atomic mass is 10.2. The lowest BCUT2D eigenvalue weighted by Gasteiger charge is -2.21. The van der Waals surface area contributed by atoms with E-state index in [0.29, 0.717) is 13.1 Å². The van der Waals surface area contributed by atoms with Gasteiger partial charge in [0.2, 0.25) is 0 Å². The summed E-state index contributed by atoms with van der Waals surface area (Å²) in [6.45, 7) is 3.21. The van der Waals surface area contributed by atoms with Crippen LogP contribution in [0.5, 0.6) is 0 Å². The number of rotatable bonds is 6. The maximum Gasteiger partial charge on any atom is 0.317 e. The number of nitrogens with one attached hydrogen (secondary N) is 1. The van der Waals surface area contributed by atoms with Crippen molar-refractivity contribution in [2.45, 2.75) is 26.1 Å². The number of carbonyl (C=O) groups is 1. The maximum atomic E-state index is 12.4. The zero-order valence-electron chi connectivity index (χ0n) is 15.0. The Morgan fingerprint density at radius 1 is 1.15 bits per heavy atom. The van der Waals surface area contributed by atoms with Gasteiger partial charge >= 0.3 is 6.03 Å². The van der Waals surface area contributed by atoms with Gasteiger partial charge in [-0.3, -0.25) is 9.67 Å². The van der Waals surface area contributed by atoms with E-state index in [1.54, 1.807) is 30.5 Å². The highest BCUT2D eigenvalue weighted by atomic mass is 16.2. The smallest absolute Gasteiger partial charge is 0.317 e. The number of nitrogens with zero attached hydrogens (tertiary/aromatic N) is 4. The van der Waals surface area contributed by atoms with Gasteiger partial charge < -0.3 is 10.2 Å². The van der Waals surface area contributed by atoms with Gasteiger partial charge in [0, 0.05) is 37.7 Å². The number of carbonyl (C=O) groups excluding carboxylic acids is 1. The van der Waals surface area contributed by atoms with E-state index in [1.807, 2.05) is 48.1 Å². The third kappa shape index (κ3) is 4.69. The molecule has 0 bridgehead atoms. The Morgan fingerprint density at radius 2 is 1.88 bits per heavy atom. The van der Waals surface area contributed by atoms with Crippen molar-refractivity contribution < 1.29 is 4.79 Å². The van der Waals surface area contributed by atoms with E-state index in [0.717, 1.165) is 11.1 Å². The topological polar surface area (TPSA) is 63.1 Å². The molecule has 26 heavy (non-hydrogen) atoms. The average molecular weight is 349 g/mol. The van der Waals surface area contributed by atoms with Crippen LogP contribution in [0.1, 0.15) is 29.7 Å². The van der Waals surface area contributed by atoms with Crippen molar-refractivity contribution in [1.29, 1.82) is 0 Å². The molecule has 0 aliphatic heterocycles. The molecule has 0 spiro atoms. The van der Waals surface area contributed by atoms with Crippen LogP contribution in [0.3, 0.4) is 0 Å². The predicted molar refractivity (Wildman–Crippen MR) is 100 cm³/mol. The Morgan fingerprint density at radius 3 is 2.62 bits per heavy atom. The summed E-state index contributed by atoms with van der Waals surface area (Å²) in [5.41, 5.74) is 3.21. The van der Waals surface area contributed by atoms with Crippen molar-refractivity contribution in [3.05, 3.63) is 83.9 Å². The Hall–Kier alpha value is -3.15. The quantitative estimate of drug-likeness (QED) is 0.743. The van der Waals surface area contributed by atoms with Crippen LogP contribution < -0.4 is 5.32 Å². The van der Waals surface area contributed by atoms with Gasteiger partial charge in [0.05, 0.1) is 18.8 Å². The van der Waals surface area contributed by atoms with Crippen molar-refractivity contribution >= 4 is 6.03 Å². The van der Waals surface area contributed by atoms with Crippen LogP contribution in [0.25, 0.3) is 0 Å². The van der Waals surface area contributed by atoms with Gasteiger partial charge in [-0.1, -0.05) is 30.3 Å². The molecular formula is C20H23N5O. The van der Waals surface area contributed by atoms with Crippen LogP contribution in [0.2, 0.25) is 0 Å². The van der Waals surface area contributed by atoms with Gasteiger partial charge in [-0.15, -0.1) is 0 Å². The minimum atomic E-state index is -0.120. The molecule has 6 nitrogen and oxygen atoms in total. The fraction of sp³-hybridized carbons (Fsp3) is 0.250. The molecule has 0 saturated heterocycles. The summed E-state index contributed by atoms with van der Waals surface area (Å²) in [5.74, 6) is 0. The van der Waals surface area contributed by atoms with Gasteiger partial charge in [-0.25, -0.2) is 4.79 Å². The first-order valence-corrected chi connectivity index (χ1v) is 8.58. The number of benzene rings is 1. The van der Waals surface area contributed by atoms with E-state index in [2.05, 4.69) is 27.5 Å². The molecule has 134 valence electrons. The number of pyridine rings is 1. The van der Waals surface area contributed by atoms with E-state index < -0.39 is 0 Å². The fourth-order valence-electron chi connectivity index (χ4n) is 2.67. The van der Waals surface area contributed by atoms with Crippen LogP contribution in [-0.2, 0) is 13.1 Å². The van der Waals surface area contributed by atoms with Gasteiger partial charge in [-0.2, -0.15) is 5.10 Å². The Labute approximate surface area is 153 Å². The summed E-state index contributed by atoms with van der Waals surface area (Å²) in [4.78, 5) is 18.0. The molecule has 2 aromatic heterocycles. The molecule has 1 atom stereocenters. The zero-order valence-corrected chi connectivity index (χ0v) is 15.0. The summed E-state index contributed by atoms with van der Waals surface area (Å²) in [6.07, 6.45) is 7.23. The third-order valence-corrected chi connectivity index (χ3v) is 4.20. The van der Waals surface area contributed by atoms with Crippen molar-refractivity contribution in [1.82, 2.24) is 25.0 Å². The second-order valence-corrected chi connectivity index (χ2v) is 6.34. The van der Waals surface area contributed by atoms with Crippen molar-refractivity contribution in [3.63, 3.8) is 0 Å². The number of hydrogen-bond acceptors (Lipinski definition) is 3. The van der Waals surface area contributed by atoms with Gasteiger partial charge in [-0.05, 0) is 30.2 Å². The summed E-state index contributed by atoms with van der Waals surface area (Å²) in [7, 11) is 1.78. The Bertz CT molecular complexity index is 832. The van der Waals surface area contributed by atoms with E-state index in [1.165, 1.54) is 5.56 Å². The third-order valence-electron chi connectivity index (χ3n) is 4.20. The standard InChI is InChI=1S/C20H23N5O/c1-16(23-20(26)24(2)13-18-8-10-21-11-9-18)19-12-22-25(15-19)14-17-6-4-3-5-7-17/h3-12,15-16H,13-14H2,1-2H3,(H,23,26). The molecule has 0 radical (unpaired) electrons. The van der Waals surface area contributed by atoms with E-state index in [4.69, 9.17) is 0 Å². The van der Waals surface area contributed by atoms with Crippen molar-refractivity contribution in [2.24, 2.45) is 0 Å². The zero-order chi connectivity index (χ0) is 18.4. The normalized spacial score (nSPS) is 11.8. The molecule has 2 amide bonds. The molecule has 1 N–H and O–H groups in total. The molecule has 0 fully saturated rings. The molecule has 0 saturated carbocycles. The lowest BCUT2D eigenvalue weighted by Crippen LogP contribution is -2.38. The first kappa shape index (κ1) is 17.7.